The molecule has 0 radical (unpaired) electrons. The number of hydrogen-bond donors (Lipinski definition) is 2. The fourth-order valence-electron chi connectivity index (χ4n) is 3.46. The van der Waals surface area contributed by atoms with Crippen molar-refractivity contribution in [2.45, 2.75) is 58.4 Å². The maximum absolute atomic E-state index is 12.8. The molecule has 2 fully saturated rings. The van der Waals surface area contributed by atoms with E-state index in [0.29, 0.717) is 6.54 Å². The molecule has 2 aliphatic heterocycles. The van der Waals surface area contributed by atoms with E-state index in [9.17, 15) is 9.59 Å². The van der Waals surface area contributed by atoms with Gasteiger partial charge < -0.3 is 15.5 Å². The van der Waals surface area contributed by atoms with Crippen LogP contribution in [0.25, 0.3) is 0 Å². The lowest BCUT2D eigenvalue weighted by Gasteiger charge is -2.40. The average molecular weight is 346 g/mol. The number of halogens is 1. The Morgan fingerprint density at radius 3 is 2.48 bits per heavy atom. The highest BCUT2D eigenvalue weighted by Crippen LogP contribution is 2.26. The second-order valence-electron chi connectivity index (χ2n) is 6.78. The van der Waals surface area contributed by atoms with Crippen molar-refractivity contribution in [2.75, 3.05) is 26.2 Å². The van der Waals surface area contributed by atoms with E-state index in [1.54, 1.807) is 0 Å². The zero-order chi connectivity index (χ0) is 15.9. The lowest BCUT2D eigenvalue weighted by atomic mass is 9.89. The van der Waals surface area contributed by atoms with E-state index >= 15 is 0 Å². The van der Waals surface area contributed by atoms with Crippen LogP contribution in [0.2, 0.25) is 0 Å². The molecule has 0 aliphatic carbocycles. The Hall–Kier alpha value is -0.810. The summed E-state index contributed by atoms with van der Waals surface area (Å²) < 4.78 is 0. The molecule has 134 valence electrons. The third-order valence-corrected chi connectivity index (χ3v) is 5.05. The molecule has 2 N–H and O–H groups in total. The third-order valence-electron chi connectivity index (χ3n) is 5.05. The minimum Gasteiger partial charge on any atom is -0.356 e. The van der Waals surface area contributed by atoms with Gasteiger partial charge in [-0.3, -0.25) is 9.59 Å². The molecule has 0 spiro atoms. The SMILES string of the molecule is CCCCNC(=O)C1CCC(C)N(C(=O)C2CCNCC2)C1.Cl. The molecule has 0 bridgehead atoms. The van der Waals surface area contributed by atoms with Crippen molar-refractivity contribution in [3.05, 3.63) is 0 Å². The molecule has 0 aromatic rings. The first-order valence-corrected chi connectivity index (χ1v) is 8.92. The van der Waals surface area contributed by atoms with Crippen LogP contribution in [0.5, 0.6) is 0 Å². The minimum atomic E-state index is -0.0290. The maximum atomic E-state index is 12.8. The van der Waals surface area contributed by atoms with Crippen LogP contribution in [0.3, 0.4) is 0 Å². The molecule has 23 heavy (non-hydrogen) atoms. The zero-order valence-corrected chi connectivity index (χ0v) is 15.3. The average Bonchev–Trinajstić information content (AvgIpc) is 2.55. The fourth-order valence-corrected chi connectivity index (χ4v) is 3.46. The van der Waals surface area contributed by atoms with Crippen molar-refractivity contribution in [2.24, 2.45) is 11.8 Å². The standard InChI is InChI=1S/C17H31N3O2.ClH/c1-3-4-9-19-16(21)15-6-5-13(2)20(12-15)17(22)14-7-10-18-11-8-14;/h13-15,18H,3-12H2,1-2H3,(H,19,21);1H. The number of unbranched alkanes of at least 4 members (excludes halogenated alkanes) is 1. The Labute approximate surface area is 146 Å². The van der Waals surface area contributed by atoms with Gasteiger partial charge in [-0.2, -0.15) is 0 Å². The highest BCUT2D eigenvalue weighted by atomic mass is 35.5. The van der Waals surface area contributed by atoms with Gasteiger partial charge in [-0.1, -0.05) is 13.3 Å². The molecule has 2 amide bonds. The molecule has 2 unspecified atom stereocenters. The maximum Gasteiger partial charge on any atom is 0.226 e. The van der Waals surface area contributed by atoms with E-state index in [-0.39, 0.29) is 42.1 Å². The van der Waals surface area contributed by atoms with Crippen molar-refractivity contribution >= 4 is 24.2 Å². The minimum absolute atomic E-state index is 0. The molecule has 2 saturated heterocycles. The molecule has 2 rings (SSSR count). The Bertz CT molecular complexity index is 386. The van der Waals surface area contributed by atoms with E-state index in [4.69, 9.17) is 0 Å². The molecule has 6 heteroatoms. The van der Waals surface area contributed by atoms with Gasteiger partial charge in [-0.15, -0.1) is 12.4 Å². The second kappa shape index (κ2) is 10.1. The van der Waals surface area contributed by atoms with E-state index in [0.717, 1.165) is 58.2 Å². The number of nitrogens with one attached hydrogen (secondary N) is 2. The first-order valence-electron chi connectivity index (χ1n) is 8.92. The number of carbonyl (C=O) groups is 2. The van der Waals surface area contributed by atoms with Gasteiger partial charge >= 0.3 is 0 Å². The molecule has 0 aromatic heterocycles. The molecular formula is C17H32ClN3O2. The number of likely N-dealkylation sites (tertiary alicyclic amines) is 1. The summed E-state index contributed by atoms with van der Waals surface area (Å²) in [4.78, 5) is 27.0. The number of piperidine rings is 2. The molecule has 0 saturated carbocycles. The summed E-state index contributed by atoms with van der Waals surface area (Å²) in [6, 6.07) is 0.266. The first kappa shape index (κ1) is 20.2. The zero-order valence-electron chi connectivity index (χ0n) is 14.5. The summed E-state index contributed by atoms with van der Waals surface area (Å²) in [6.07, 6.45) is 5.79. The molecule has 2 atom stereocenters. The van der Waals surface area contributed by atoms with Crippen LogP contribution in [0.4, 0.5) is 0 Å². The van der Waals surface area contributed by atoms with Crippen LogP contribution in [-0.2, 0) is 9.59 Å². The topological polar surface area (TPSA) is 61.4 Å². The van der Waals surface area contributed by atoms with Crippen molar-refractivity contribution < 1.29 is 9.59 Å². The Kier molecular flexibility index (Phi) is 8.92. The van der Waals surface area contributed by atoms with Gasteiger partial charge in [0.15, 0.2) is 0 Å². The number of amides is 2. The molecular weight excluding hydrogens is 314 g/mol. The van der Waals surface area contributed by atoms with Crippen molar-refractivity contribution in [3.63, 3.8) is 0 Å². The normalized spacial score (nSPS) is 25.6. The Morgan fingerprint density at radius 1 is 1.13 bits per heavy atom. The first-order chi connectivity index (χ1) is 10.6. The van der Waals surface area contributed by atoms with Crippen molar-refractivity contribution in [1.82, 2.24) is 15.5 Å². The lowest BCUT2D eigenvalue weighted by Crippen LogP contribution is -2.52. The summed E-state index contributed by atoms with van der Waals surface area (Å²) >= 11 is 0. The smallest absolute Gasteiger partial charge is 0.226 e. The monoisotopic (exact) mass is 345 g/mol. The number of hydrogen-bond acceptors (Lipinski definition) is 3. The Balaban J connectivity index is 0.00000264. The quantitative estimate of drug-likeness (QED) is 0.749. The number of nitrogens with zero attached hydrogens (tertiary/aromatic N) is 1. The van der Waals surface area contributed by atoms with Crippen LogP contribution in [0.1, 0.15) is 52.4 Å². The van der Waals surface area contributed by atoms with E-state index < -0.39 is 0 Å². The van der Waals surface area contributed by atoms with Crippen LogP contribution >= 0.6 is 12.4 Å². The second-order valence-corrected chi connectivity index (χ2v) is 6.78. The predicted molar refractivity (Wildman–Crippen MR) is 94.7 cm³/mol. The van der Waals surface area contributed by atoms with Gasteiger partial charge in [0, 0.05) is 25.0 Å². The van der Waals surface area contributed by atoms with Gasteiger partial charge in [0.25, 0.3) is 0 Å². The van der Waals surface area contributed by atoms with Crippen molar-refractivity contribution in [1.29, 1.82) is 0 Å². The summed E-state index contributed by atoms with van der Waals surface area (Å²) in [7, 11) is 0. The van der Waals surface area contributed by atoms with Crippen LogP contribution in [-0.4, -0.2) is 48.9 Å². The lowest BCUT2D eigenvalue weighted by molar-refractivity contribution is -0.142. The summed E-state index contributed by atoms with van der Waals surface area (Å²) in [5.41, 5.74) is 0. The van der Waals surface area contributed by atoms with Crippen molar-refractivity contribution in [3.8, 4) is 0 Å². The van der Waals surface area contributed by atoms with Crippen LogP contribution < -0.4 is 10.6 Å². The van der Waals surface area contributed by atoms with Gasteiger partial charge in [-0.05, 0) is 52.1 Å². The summed E-state index contributed by atoms with van der Waals surface area (Å²) in [5.74, 6) is 0.507. The highest BCUT2D eigenvalue weighted by molar-refractivity contribution is 5.85. The van der Waals surface area contributed by atoms with E-state index in [1.165, 1.54) is 0 Å². The number of carbonyl (C=O) groups excluding carboxylic acids is 2. The Morgan fingerprint density at radius 2 is 1.83 bits per heavy atom. The fraction of sp³-hybridized carbons (Fsp3) is 0.882. The van der Waals surface area contributed by atoms with Gasteiger partial charge in [0.05, 0.1) is 5.92 Å². The van der Waals surface area contributed by atoms with Gasteiger partial charge in [0.1, 0.15) is 0 Å². The molecule has 0 aromatic carbocycles. The van der Waals surface area contributed by atoms with Crippen LogP contribution in [0.15, 0.2) is 0 Å². The summed E-state index contributed by atoms with van der Waals surface area (Å²) in [6.45, 7) is 7.45. The van der Waals surface area contributed by atoms with Gasteiger partial charge in [-0.25, -0.2) is 0 Å². The van der Waals surface area contributed by atoms with E-state index in [1.807, 2.05) is 4.90 Å². The number of rotatable bonds is 5. The van der Waals surface area contributed by atoms with Crippen LogP contribution in [0, 0.1) is 11.8 Å². The molecule has 2 heterocycles. The molecule has 2 aliphatic rings. The largest absolute Gasteiger partial charge is 0.356 e. The van der Waals surface area contributed by atoms with E-state index in [2.05, 4.69) is 24.5 Å². The van der Waals surface area contributed by atoms with Gasteiger partial charge in [0.2, 0.25) is 11.8 Å². The summed E-state index contributed by atoms with van der Waals surface area (Å²) in [5, 5.41) is 6.32. The molecule has 5 nitrogen and oxygen atoms in total. The predicted octanol–water partition coefficient (Wildman–Crippen LogP) is 1.95. The third kappa shape index (κ3) is 5.64. The highest BCUT2D eigenvalue weighted by Gasteiger charge is 2.35.